The van der Waals surface area contributed by atoms with Gasteiger partial charge >= 0.3 is 0 Å². The van der Waals surface area contributed by atoms with Crippen molar-refractivity contribution in [2.24, 2.45) is 0 Å². The Labute approximate surface area is 152 Å². The average Bonchev–Trinajstić information content (AvgIpc) is 3.26. The Morgan fingerprint density at radius 3 is 2.85 bits per heavy atom. The molecule has 2 aliphatic heterocycles. The number of nitrogens with zero attached hydrogens (tertiary/aromatic N) is 4. The maximum atomic E-state index is 13.1. The van der Waals surface area contributed by atoms with Gasteiger partial charge in [0, 0.05) is 44.8 Å². The lowest BCUT2D eigenvalue weighted by atomic mass is 10.2. The molecule has 2 aromatic rings. The normalized spacial score (nSPS) is 20.2. The van der Waals surface area contributed by atoms with Crippen LogP contribution >= 0.6 is 0 Å². The van der Waals surface area contributed by atoms with Crippen LogP contribution in [0.25, 0.3) is 0 Å². The number of anilines is 1. The highest BCUT2D eigenvalue weighted by Crippen LogP contribution is 2.26. The van der Waals surface area contributed by atoms with Crippen molar-refractivity contribution in [3.63, 3.8) is 0 Å². The zero-order chi connectivity index (χ0) is 18.1. The second kappa shape index (κ2) is 7.07. The third kappa shape index (κ3) is 3.58. The van der Waals surface area contributed by atoms with Gasteiger partial charge in [0.25, 0.3) is 0 Å². The molecule has 1 atom stereocenters. The Balaban J connectivity index is 1.38. The molecule has 1 saturated heterocycles. The van der Waals surface area contributed by atoms with Crippen LogP contribution in [0.5, 0.6) is 0 Å². The number of aromatic nitrogens is 2. The van der Waals surface area contributed by atoms with E-state index in [9.17, 15) is 9.18 Å². The smallest absolute Gasteiger partial charge is 0.217 e. The maximum absolute atomic E-state index is 13.1. The number of nitrogens with one attached hydrogen (secondary N) is 1. The summed E-state index contributed by atoms with van der Waals surface area (Å²) in [6, 6.07) is 9.36. The van der Waals surface area contributed by atoms with Crippen LogP contribution in [0.2, 0.25) is 0 Å². The van der Waals surface area contributed by atoms with Gasteiger partial charge in [0.2, 0.25) is 5.91 Å². The molecule has 1 N–H and O–H groups in total. The largest absolute Gasteiger partial charge is 0.370 e. The van der Waals surface area contributed by atoms with E-state index < -0.39 is 0 Å². The van der Waals surface area contributed by atoms with Gasteiger partial charge in [-0.15, -0.1) is 0 Å². The van der Waals surface area contributed by atoms with Crippen LogP contribution in [0.4, 0.5) is 10.1 Å². The van der Waals surface area contributed by atoms with Crippen LogP contribution in [0.3, 0.4) is 0 Å². The van der Waals surface area contributed by atoms with Crippen LogP contribution in [0.1, 0.15) is 24.7 Å². The second-order valence-electron chi connectivity index (χ2n) is 7.10. The Kier molecular flexibility index (Phi) is 4.63. The molecular weight excluding hydrogens is 333 g/mol. The molecule has 0 spiro atoms. The molecule has 4 rings (SSSR count). The van der Waals surface area contributed by atoms with Crippen molar-refractivity contribution in [1.29, 1.82) is 0 Å². The Morgan fingerprint density at radius 1 is 1.27 bits per heavy atom. The molecule has 0 radical (unpaired) electrons. The SMILES string of the molecule is CC(=O)NCc1cc2n(n1)CCN([C@H]1CCN(c3ccc(F)cc3)C1)C2. The summed E-state index contributed by atoms with van der Waals surface area (Å²) in [6.45, 7) is 6.72. The fourth-order valence-corrected chi connectivity index (χ4v) is 3.89. The van der Waals surface area contributed by atoms with Crippen LogP contribution in [0.15, 0.2) is 30.3 Å². The highest BCUT2D eigenvalue weighted by atomic mass is 19.1. The molecule has 2 aliphatic rings. The molecule has 6 nitrogen and oxygen atoms in total. The van der Waals surface area contributed by atoms with E-state index in [1.54, 1.807) is 0 Å². The fourth-order valence-electron chi connectivity index (χ4n) is 3.89. The van der Waals surface area contributed by atoms with Crippen molar-refractivity contribution in [3.8, 4) is 0 Å². The molecule has 26 heavy (non-hydrogen) atoms. The summed E-state index contributed by atoms with van der Waals surface area (Å²) >= 11 is 0. The highest BCUT2D eigenvalue weighted by Gasteiger charge is 2.30. The predicted molar refractivity (Wildman–Crippen MR) is 97.2 cm³/mol. The molecule has 0 saturated carbocycles. The van der Waals surface area contributed by atoms with Crippen LogP contribution < -0.4 is 10.2 Å². The first-order valence-electron chi connectivity index (χ1n) is 9.13. The number of hydrogen-bond acceptors (Lipinski definition) is 4. The number of carbonyl (C=O) groups is 1. The molecule has 0 unspecified atom stereocenters. The van der Waals surface area contributed by atoms with Gasteiger partial charge in [-0.25, -0.2) is 4.39 Å². The average molecular weight is 357 g/mol. The van der Waals surface area contributed by atoms with Gasteiger partial charge in [-0.3, -0.25) is 14.4 Å². The minimum absolute atomic E-state index is 0.0376. The molecule has 1 aromatic carbocycles. The number of hydrogen-bond donors (Lipinski definition) is 1. The van der Waals surface area contributed by atoms with E-state index in [1.807, 2.05) is 12.1 Å². The molecule has 3 heterocycles. The van der Waals surface area contributed by atoms with E-state index in [-0.39, 0.29) is 11.7 Å². The summed E-state index contributed by atoms with van der Waals surface area (Å²) in [6.07, 6.45) is 1.12. The van der Waals surface area contributed by atoms with E-state index in [0.29, 0.717) is 12.6 Å². The number of halogens is 1. The lowest BCUT2D eigenvalue weighted by Crippen LogP contribution is -2.42. The van der Waals surface area contributed by atoms with Gasteiger partial charge in [0.05, 0.1) is 24.5 Å². The molecule has 1 aromatic heterocycles. The minimum atomic E-state index is -0.191. The van der Waals surface area contributed by atoms with Gasteiger partial charge < -0.3 is 10.2 Å². The predicted octanol–water partition coefficient (Wildman–Crippen LogP) is 1.75. The van der Waals surface area contributed by atoms with E-state index in [2.05, 4.69) is 31.0 Å². The van der Waals surface area contributed by atoms with Gasteiger partial charge in [0.1, 0.15) is 5.82 Å². The lowest BCUT2D eigenvalue weighted by Gasteiger charge is -2.32. The second-order valence-corrected chi connectivity index (χ2v) is 7.10. The zero-order valence-electron chi connectivity index (χ0n) is 15.0. The monoisotopic (exact) mass is 357 g/mol. The molecule has 1 amide bonds. The number of rotatable bonds is 4. The molecule has 1 fully saturated rings. The Bertz CT molecular complexity index is 788. The number of fused-ring (bicyclic) bond motifs is 1. The molecule has 7 heteroatoms. The van der Waals surface area contributed by atoms with E-state index >= 15 is 0 Å². The van der Waals surface area contributed by atoms with E-state index in [1.165, 1.54) is 24.8 Å². The Morgan fingerprint density at radius 2 is 2.08 bits per heavy atom. The summed E-state index contributed by atoms with van der Waals surface area (Å²) in [5.41, 5.74) is 3.21. The molecule has 0 aliphatic carbocycles. The van der Waals surface area contributed by atoms with Crippen molar-refractivity contribution in [1.82, 2.24) is 20.0 Å². The standard InChI is InChI=1S/C19H24FN5O/c1-14(26)21-11-16-10-19-13-24(8-9-25(19)22-16)18-6-7-23(12-18)17-4-2-15(20)3-5-17/h2-5,10,18H,6-9,11-13H2,1H3,(H,21,26)/t18-/m0/s1. The third-order valence-corrected chi connectivity index (χ3v) is 5.27. The van der Waals surface area contributed by atoms with Crippen LogP contribution in [0, 0.1) is 5.82 Å². The van der Waals surface area contributed by atoms with Gasteiger partial charge in [-0.1, -0.05) is 0 Å². The van der Waals surface area contributed by atoms with Crippen molar-refractivity contribution in [3.05, 3.63) is 47.5 Å². The summed E-state index contributed by atoms with van der Waals surface area (Å²) < 4.78 is 15.2. The lowest BCUT2D eigenvalue weighted by molar-refractivity contribution is -0.119. The molecular formula is C19H24FN5O. The first kappa shape index (κ1) is 17.0. The number of carbonyl (C=O) groups excluding carboxylic acids is 1. The maximum Gasteiger partial charge on any atom is 0.217 e. The molecule has 138 valence electrons. The fraction of sp³-hybridized carbons (Fsp3) is 0.474. The van der Waals surface area contributed by atoms with E-state index in [0.717, 1.165) is 50.5 Å². The summed E-state index contributed by atoms with van der Waals surface area (Å²) in [5.74, 6) is -0.228. The van der Waals surface area contributed by atoms with Gasteiger partial charge in [-0.2, -0.15) is 5.10 Å². The van der Waals surface area contributed by atoms with Crippen molar-refractivity contribution in [2.45, 2.75) is 39.0 Å². The highest BCUT2D eigenvalue weighted by molar-refractivity contribution is 5.72. The van der Waals surface area contributed by atoms with Crippen molar-refractivity contribution >= 4 is 11.6 Å². The summed E-state index contributed by atoms with van der Waals surface area (Å²) in [7, 11) is 0. The minimum Gasteiger partial charge on any atom is -0.370 e. The van der Waals surface area contributed by atoms with Crippen LogP contribution in [-0.4, -0.2) is 46.3 Å². The van der Waals surface area contributed by atoms with Gasteiger partial charge in [-0.05, 0) is 36.8 Å². The summed E-state index contributed by atoms with van der Waals surface area (Å²) in [4.78, 5) is 15.9. The van der Waals surface area contributed by atoms with Crippen molar-refractivity contribution < 1.29 is 9.18 Å². The first-order valence-corrected chi connectivity index (χ1v) is 9.13. The Hall–Kier alpha value is -2.41. The first-order chi connectivity index (χ1) is 12.6. The van der Waals surface area contributed by atoms with Crippen LogP contribution in [-0.2, 0) is 24.4 Å². The molecule has 0 bridgehead atoms. The number of amides is 1. The number of benzene rings is 1. The summed E-state index contributed by atoms with van der Waals surface area (Å²) in [5, 5.41) is 7.39. The van der Waals surface area contributed by atoms with Gasteiger partial charge in [0.15, 0.2) is 0 Å². The van der Waals surface area contributed by atoms with Crippen molar-refractivity contribution in [2.75, 3.05) is 24.5 Å². The van der Waals surface area contributed by atoms with E-state index in [4.69, 9.17) is 0 Å². The third-order valence-electron chi connectivity index (χ3n) is 5.27. The zero-order valence-corrected chi connectivity index (χ0v) is 15.0. The topological polar surface area (TPSA) is 53.4 Å². The quantitative estimate of drug-likeness (QED) is 0.906.